The molecule has 6 nitrogen and oxygen atoms in total. The van der Waals surface area contributed by atoms with Crippen LogP contribution in [0.1, 0.15) is 19.4 Å². The number of aryl methyl sites for hydroxylation is 1. The molecule has 0 saturated heterocycles. The molecule has 2 heterocycles. The molecule has 0 aliphatic carbocycles. The summed E-state index contributed by atoms with van der Waals surface area (Å²) in [7, 11) is 0. The molecule has 0 saturated carbocycles. The Kier molecular flexibility index (Phi) is 3.22. The molecule has 0 aliphatic heterocycles. The molecule has 0 aromatic carbocycles. The maximum absolute atomic E-state index is 13.5. The van der Waals surface area contributed by atoms with E-state index in [1.54, 1.807) is 17.8 Å². The van der Waals surface area contributed by atoms with Gasteiger partial charge in [0.05, 0.1) is 5.54 Å². The molecular formula is C11H14FN5O. The van der Waals surface area contributed by atoms with Gasteiger partial charge in [0, 0.05) is 6.20 Å². The Labute approximate surface area is 104 Å². The molecule has 18 heavy (non-hydrogen) atoms. The van der Waals surface area contributed by atoms with Crippen molar-refractivity contribution in [3.63, 3.8) is 0 Å². The van der Waals surface area contributed by atoms with Crippen LogP contribution in [0.3, 0.4) is 0 Å². The smallest absolute Gasteiger partial charge is 0.250 e. The van der Waals surface area contributed by atoms with Gasteiger partial charge >= 0.3 is 0 Å². The topological polar surface area (TPSA) is 65.7 Å². The molecule has 0 fully saturated rings. The molecule has 96 valence electrons. The first-order valence-electron chi connectivity index (χ1n) is 5.47. The molecule has 0 aliphatic rings. The molecule has 7 heteroatoms. The minimum absolute atomic E-state index is 0.0123. The summed E-state index contributed by atoms with van der Waals surface area (Å²) < 4.78 is 20.5. The van der Waals surface area contributed by atoms with Crippen molar-refractivity contribution in [3.05, 3.63) is 30.0 Å². The molecule has 2 aromatic rings. The Balaban J connectivity index is 2.07. The number of hydrogen-bond acceptors (Lipinski definition) is 5. The molecule has 2 aromatic heterocycles. The van der Waals surface area contributed by atoms with Crippen LogP contribution in [-0.4, -0.2) is 31.8 Å². The Morgan fingerprint density at radius 2 is 2.22 bits per heavy atom. The quantitative estimate of drug-likeness (QED) is 0.820. The minimum atomic E-state index is -0.484. The predicted molar refractivity (Wildman–Crippen MR) is 61.6 cm³/mol. The van der Waals surface area contributed by atoms with Crippen LogP contribution in [0.25, 0.3) is 0 Å². The van der Waals surface area contributed by atoms with E-state index in [2.05, 4.69) is 20.5 Å². The van der Waals surface area contributed by atoms with E-state index in [1.807, 2.05) is 13.8 Å². The Morgan fingerprint density at radius 1 is 1.44 bits per heavy atom. The number of aromatic nitrogens is 5. The van der Waals surface area contributed by atoms with Gasteiger partial charge in [-0.2, -0.15) is 0 Å². The second-order valence-electron chi connectivity index (χ2n) is 4.66. The number of rotatable bonds is 4. The molecule has 0 unspecified atom stereocenters. The molecule has 0 bridgehead atoms. The lowest BCUT2D eigenvalue weighted by molar-refractivity contribution is 0.158. The zero-order chi connectivity index (χ0) is 13.2. The molecule has 2 rings (SSSR count). The fraction of sp³-hybridized carbons (Fsp3) is 0.455. The average molecular weight is 251 g/mol. The van der Waals surface area contributed by atoms with Gasteiger partial charge < -0.3 is 4.74 Å². The summed E-state index contributed by atoms with van der Waals surface area (Å²) in [4.78, 5) is 3.90. The summed E-state index contributed by atoms with van der Waals surface area (Å²) in [6.07, 6.45) is 3.05. The van der Waals surface area contributed by atoms with Crippen LogP contribution in [0.5, 0.6) is 5.88 Å². The maximum Gasteiger partial charge on any atom is 0.250 e. The van der Waals surface area contributed by atoms with Gasteiger partial charge in [0.2, 0.25) is 5.88 Å². The molecular weight excluding hydrogens is 237 g/mol. The lowest BCUT2D eigenvalue weighted by Gasteiger charge is -2.23. The van der Waals surface area contributed by atoms with Crippen molar-refractivity contribution >= 4 is 0 Å². The lowest BCUT2D eigenvalue weighted by Crippen LogP contribution is -2.34. The van der Waals surface area contributed by atoms with Crippen molar-refractivity contribution in [2.75, 3.05) is 6.61 Å². The standard InChI is InChI=1S/C11H14FN5O/c1-8-4-9(12)10(13-5-8)18-6-11(2,3)17-7-14-15-16-17/h4-5,7H,6H2,1-3H3. The first kappa shape index (κ1) is 12.4. The number of halogens is 1. The summed E-state index contributed by atoms with van der Waals surface area (Å²) >= 11 is 0. The van der Waals surface area contributed by atoms with Gasteiger partial charge in [-0.15, -0.1) is 5.10 Å². The molecule has 0 N–H and O–H groups in total. The summed E-state index contributed by atoms with van der Waals surface area (Å²) in [5.74, 6) is -0.482. The van der Waals surface area contributed by atoms with Gasteiger partial charge in [0.1, 0.15) is 12.9 Å². The average Bonchev–Trinajstić information content (AvgIpc) is 2.82. The summed E-state index contributed by atoms with van der Waals surface area (Å²) in [5, 5.41) is 10.9. The Bertz CT molecular complexity index is 526. The second kappa shape index (κ2) is 4.67. The monoisotopic (exact) mass is 251 g/mol. The van der Waals surface area contributed by atoms with Gasteiger partial charge in [-0.3, -0.25) is 0 Å². The van der Waals surface area contributed by atoms with E-state index in [9.17, 15) is 4.39 Å². The first-order chi connectivity index (χ1) is 8.49. The van der Waals surface area contributed by atoms with Crippen molar-refractivity contribution in [2.45, 2.75) is 26.3 Å². The van der Waals surface area contributed by atoms with E-state index in [-0.39, 0.29) is 12.5 Å². The number of hydrogen-bond donors (Lipinski definition) is 0. The van der Waals surface area contributed by atoms with E-state index in [0.29, 0.717) is 0 Å². The first-order valence-corrected chi connectivity index (χ1v) is 5.47. The van der Waals surface area contributed by atoms with Crippen LogP contribution in [0.2, 0.25) is 0 Å². The van der Waals surface area contributed by atoms with E-state index in [1.165, 1.54) is 12.4 Å². The van der Waals surface area contributed by atoms with Crippen LogP contribution in [0.15, 0.2) is 18.6 Å². The number of tetrazole rings is 1. The van der Waals surface area contributed by atoms with E-state index in [4.69, 9.17) is 4.74 Å². The molecule has 0 amide bonds. The van der Waals surface area contributed by atoms with Gasteiger partial charge in [0.25, 0.3) is 0 Å². The fourth-order valence-corrected chi connectivity index (χ4v) is 1.38. The van der Waals surface area contributed by atoms with Crippen molar-refractivity contribution in [1.82, 2.24) is 25.2 Å². The van der Waals surface area contributed by atoms with Gasteiger partial charge in [-0.05, 0) is 42.8 Å². The van der Waals surface area contributed by atoms with Crippen LogP contribution in [0.4, 0.5) is 4.39 Å². The summed E-state index contributed by atoms with van der Waals surface area (Å²) in [5.41, 5.74) is 0.266. The molecule has 0 atom stereocenters. The third-order valence-corrected chi connectivity index (χ3v) is 2.48. The van der Waals surface area contributed by atoms with Gasteiger partial charge in [-0.1, -0.05) is 0 Å². The summed E-state index contributed by atoms with van der Waals surface area (Å²) in [6.45, 7) is 5.75. The van der Waals surface area contributed by atoms with Crippen LogP contribution in [-0.2, 0) is 5.54 Å². The number of pyridine rings is 1. The zero-order valence-corrected chi connectivity index (χ0v) is 10.5. The Hall–Kier alpha value is -2.05. The van der Waals surface area contributed by atoms with E-state index in [0.717, 1.165) is 5.56 Å². The number of ether oxygens (including phenoxy) is 1. The molecule has 0 radical (unpaired) electrons. The van der Waals surface area contributed by atoms with Gasteiger partial charge in [-0.25, -0.2) is 14.1 Å². The highest BCUT2D eigenvalue weighted by atomic mass is 19.1. The Morgan fingerprint density at radius 3 is 2.83 bits per heavy atom. The SMILES string of the molecule is Cc1cnc(OCC(C)(C)n2cnnn2)c(F)c1. The van der Waals surface area contributed by atoms with Crippen molar-refractivity contribution in [2.24, 2.45) is 0 Å². The summed E-state index contributed by atoms with van der Waals surface area (Å²) in [6, 6.07) is 1.38. The normalized spacial score (nSPS) is 11.6. The van der Waals surface area contributed by atoms with Crippen LogP contribution in [0, 0.1) is 12.7 Å². The van der Waals surface area contributed by atoms with Gasteiger partial charge in [0.15, 0.2) is 5.82 Å². The maximum atomic E-state index is 13.5. The van der Waals surface area contributed by atoms with Crippen molar-refractivity contribution < 1.29 is 9.13 Å². The third kappa shape index (κ3) is 2.61. The highest BCUT2D eigenvalue weighted by Crippen LogP contribution is 2.18. The van der Waals surface area contributed by atoms with Crippen molar-refractivity contribution in [3.8, 4) is 5.88 Å². The van der Waals surface area contributed by atoms with Crippen LogP contribution >= 0.6 is 0 Å². The predicted octanol–water partition coefficient (Wildman–Crippen LogP) is 1.33. The zero-order valence-electron chi connectivity index (χ0n) is 10.5. The van der Waals surface area contributed by atoms with Crippen LogP contribution < -0.4 is 4.74 Å². The largest absolute Gasteiger partial charge is 0.473 e. The highest BCUT2D eigenvalue weighted by Gasteiger charge is 2.23. The number of nitrogens with zero attached hydrogens (tertiary/aromatic N) is 5. The van der Waals surface area contributed by atoms with Crippen molar-refractivity contribution in [1.29, 1.82) is 0 Å². The van der Waals surface area contributed by atoms with E-state index >= 15 is 0 Å². The highest BCUT2D eigenvalue weighted by molar-refractivity contribution is 5.19. The second-order valence-corrected chi connectivity index (χ2v) is 4.66. The lowest BCUT2D eigenvalue weighted by atomic mass is 10.1. The fourth-order valence-electron chi connectivity index (χ4n) is 1.38. The minimum Gasteiger partial charge on any atom is -0.473 e. The third-order valence-electron chi connectivity index (χ3n) is 2.48. The molecule has 0 spiro atoms. The van der Waals surface area contributed by atoms with E-state index < -0.39 is 11.4 Å².